The summed E-state index contributed by atoms with van der Waals surface area (Å²) < 4.78 is 2.87. The van der Waals surface area contributed by atoms with E-state index < -0.39 is 0 Å². The van der Waals surface area contributed by atoms with Crippen molar-refractivity contribution in [3.8, 4) is 0 Å². The number of fused-ring (bicyclic) bond motifs is 1. The zero-order chi connectivity index (χ0) is 11.8. The fourth-order valence-electron chi connectivity index (χ4n) is 1.91. The van der Waals surface area contributed by atoms with Gasteiger partial charge in [-0.2, -0.15) is 0 Å². The third-order valence-corrected chi connectivity index (χ3v) is 3.81. The summed E-state index contributed by atoms with van der Waals surface area (Å²) in [5, 5.41) is 0. The minimum absolute atomic E-state index is 0.763. The zero-order valence-electron chi connectivity index (χ0n) is 9.30. The number of hydrogen-bond donors (Lipinski definition) is 1. The highest BCUT2D eigenvalue weighted by Crippen LogP contribution is 2.18. The van der Waals surface area contributed by atoms with E-state index in [1.807, 2.05) is 11.7 Å². The average Bonchev–Trinajstić information content (AvgIpc) is 2.88. The van der Waals surface area contributed by atoms with Crippen molar-refractivity contribution in [2.75, 3.05) is 0 Å². The van der Waals surface area contributed by atoms with Crippen LogP contribution in [0.1, 0.15) is 10.4 Å². The van der Waals surface area contributed by atoms with Crippen LogP contribution in [0.15, 0.2) is 29.9 Å². The molecule has 0 aliphatic carbocycles. The molecule has 3 nitrogen and oxygen atoms in total. The minimum Gasteiger partial charge on any atom is -0.331 e. The van der Waals surface area contributed by atoms with Gasteiger partial charge in [-0.1, -0.05) is 6.07 Å². The first-order valence-corrected chi connectivity index (χ1v) is 6.59. The van der Waals surface area contributed by atoms with Gasteiger partial charge in [0.2, 0.25) is 0 Å². The first-order valence-electron chi connectivity index (χ1n) is 5.30. The van der Waals surface area contributed by atoms with Crippen LogP contribution in [-0.2, 0) is 6.54 Å². The molecule has 17 heavy (non-hydrogen) atoms. The maximum atomic E-state index is 5.36. The SMILES string of the molecule is Cc1ccc2c(c1)[nH]c(=S)n2Cc1cncs1. The van der Waals surface area contributed by atoms with Gasteiger partial charge in [0.25, 0.3) is 0 Å². The number of thiazole rings is 1. The molecule has 0 bridgehead atoms. The maximum Gasteiger partial charge on any atom is 0.178 e. The molecule has 0 saturated carbocycles. The second-order valence-electron chi connectivity index (χ2n) is 4.00. The van der Waals surface area contributed by atoms with E-state index in [2.05, 4.69) is 39.7 Å². The largest absolute Gasteiger partial charge is 0.331 e. The number of aryl methyl sites for hydroxylation is 1. The minimum atomic E-state index is 0.763. The number of hydrogen-bond acceptors (Lipinski definition) is 3. The van der Waals surface area contributed by atoms with Gasteiger partial charge in [0, 0.05) is 11.1 Å². The highest BCUT2D eigenvalue weighted by molar-refractivity contribution is 7.71. The summed E-state index contributed by atoms with van der Waals surface area (Å²) in [6, 6.07) is 6.33. The quantitative estimate of drug-likeness (QED) is 0.716. The van der Waals surface area contributed by atoms with Gasteiger partial charge in [-0.3, -0.25) is 4.98 Å². The molecule has 0 aliphatic heterocycles. The Morgan fingerprint density at radius 1 is 1.47 bits per heavy atom. The summed E-state index contributed by atoms with van der Waals surface area (Å²) in [6.45, 7) is 2.86. The Morgan fingerprint density at radius 3 is 3.12 bits per heavy atom. The molecule has 3 rings (SSSR count). The maximum absolute atomic E-state index is 5.36. The summed E-state index contributed by atoms with van der Waals surface area (Å²) in [7, 11) is 0. The molecule has 86 valence electrons. The van der Waals surface area contributed by atoms with Crippen molar-refractivity contribution in [3.05, 3.63) is 45.1 Å². The molecule has 0 aliphatic rings. The monoisotopic (exact) mass is 261 g/mol. The number of aromatic amines is 1. The Kier molecular flexibility index (Phi) is 2.57. The normalized spacial score (nSPS) is 11.1. The molecule has 0 spiro atoms. The van der Waals surface area contributed by atoms with Crippen LogP contribution in [0, 0.1) is 11.7 Å². The van der Waals surface area contributed by atoms with Gasteiger partial charge < -0.3 is 9.55 Å². The predicted octanol–water partition coefficient (Wildman–Crippen LogP) is 3.51. The van der Waals surface area contributed by atoms with Crippen molar-refractivity contribution in [3.63, 3.8) is 0 Å². The van der Waals surface area contributed by atoms with Gasteiger partial charge in [-0.15, -0.1) is 11.3 Å². The van der Waals surface area contributed by atoms with Crippen LogP contribution in [0.3, 0.4) is 0 Å². The smallest absolute Gasteiger partial charge is 0.178 e. The summed E-state index contributed by atoms with van der Waals surface area (Å²) in [6.07, 6.45) is 1.89. The van der Waals surface area contributed by atoms with Gasteiger partial charge >= 0.3 is 0 Å². The number of aromatic nitrogens is 3. The lowest BCUT2D eigenvalue weighted by atomic mass is 10.2. The molecule has 0 saturated heterocycles. The molecule has 2 heterocycles. The standard InChI is InChI=1S/C12H11N3S2/c1-8-2-3-11-10(4-8)14-12(16)15(11)6-9-5-13-7-17-9/h2-5,7H,6H2,1H3,(H,14,16). The van der Waals surface area contributed by atoms with Gasteiger partial charge in [0.15, 0.2) is 4.77 Å². The second-order valence-corrected chi connectivity index (χ2v) is 5.36. The van der Waals surface area contributed by atoms with Crippen molar-refractivity contribution in [1.29, 1.82) is 0 Å². The third-order valence-electron chi connectivity index (χ3n) is 2.73. The number of nitrogens with one attached hydrogen (secondary N) is 1. The number of imidazole rings is 1. The van der Waals surface area contributed by atoms with E-state index in [-0.39, 0.29) is 0 Å². The van der Waals surface area contributed by atoms with Gasteiger partial charge in [0.1, 0.15) is 0 Å². The van der Waals surface area contributed by atoms with Crippen LogP contribution in [-0.4, -0.2) is 14.5 Å². The second kappa shape index (κ2) is 4.09. The Labute approximate surface area is 108 Å². The van der Waals surface area contributed by atoms with Crippen LogP contribution in [0.4, 0.5) is 0 Å². The van der Waals surface area contributed by atoms with Crippen molar-refractivity contribution >= 4 is 34.6 Å². The molecule has 2 aromatic heterocycles. The number of H-pyrrole nitrogens is 1. The Hall–Kier alpha value is -1.46. The molecular formula is C12H11N3S2. The van der Waals surface area contributed by atoms with Crippen LogP contribution >= 0.6 is 23.6 Å². The molecular weight excluding hydrogens is 250 g/mol. The number of benzene rings is 1. The van der Waals surface area contributed by atoms with Crippen LogP contribution in [0.5, 0.6) is 0 Å². The molecule has 1 aromatic carbocycles. The molecule has 0 radical (unpaired) electrons. The van der Waals surface area contributed by atoms with E-state index in [0.29, 0.717) is 0 Å². The van der Waals surface area contributed by atoms with Crippen LogP contribution < -0.4 is 0 Å². The Morgan fingerprint density at radius 2 is 2.35 bits per heavy atom. The summed E-state index contributed by atoms with van der Waals surface area (Å²) >= 11 is 7.01. The summed E-state index contributed by atoms with van der Waals surface area (Å²) in [5.41, 5.74) is 5.32. The highest BCUT2D eigenvalue weighted by atomic mass is 32.1. The van der Waals surface area contributed by atoms with E-state index >= 15 is 0 Å². The first-order chi connectivity index (χ1) is 8.24. The van der Waals surface area contributed by atoms with E-state index in [1.165, 1.54) is 10.4 Å². The van der Waals surface area contributed by atoms with Crippen molar-refractivity contribution in [1.82, 2.24) is 14.5 Å². The predicted molar refractivity (Wildman–Crippen MR) is 73.1 cm³/mol. The lowest BCUT2D eigenvalue weighted by molar-refractivity contribution is 0.821. The van der Waals surface area contributed by atoms with Gasteiger partial charge in [0.05, 0.1) is 23.1 Å². The first kappa shape index (κ1) is 10.7. The van der Waals surface area contributed by atoms with Gasteiger partial charge in [-0.25, -0.2) is 0 Å². The lowest BCUT2D eigenvalue weighted by Crippen LogP contribution is -1.97. The summed E-state index contributed by atoms with van der Waals surface area (Å²) in [4.78, 5) is 8.54. The lowest BCUT2D eigenvalue weighted by Gasteiger charge is -2.01. The van der Waals surface area contributed by atoms with Crippen molar-refractivity contribution in [2.24, 2.45) is 0 Å². The van der Waals surface area contributed by atoms with Crippen molar-refractivity contribution < 1.29 is 0 Å². The Balaban J connectivity index is 2.16. The molecule has 0 atom stereocenters. The van der Waals surface area contributed by atoms with Crippen molar-refractivity contribution in [2.45, 2.75) is 13.5 Å². The molecule has 5 heteroatoms. The van der Waals surface area contributed by atoms with Gasteiger partial charge in [-0.05, 0) is 36.8 Å². The fraction of sp³-hybridized carbons (Fsp3) is 0.167. The number of nitrogens with zero attached hydrogens (tertiary/aromatic N) is 2. The van der Waals surface area contributed by atoms with E-state index in [1.54, 1.807) is 11.3 Å². The van der Waals surface area contributed by atoms with Crippen LogP contribution in [0.25, 0.3) is 11.0 Å². The Bertz CT molecular complexity index is 707. The average molecular weight is 261 g/mol. The fourth-order valence-corrected chi connectivity index (χ4v) is 2.77. The molecule has 1 N–H and O–H groups in total. The van der Waals surface area contributed by atoms with E-state index in [4.69, 9.17) is 12.2 Å². The van der Waals surface area contributed by atoms with Crippen LogP contribution in [0.2, 0.25) is 0 Å². The third kappa shape index (κ3) is 1.92. The topological polar surface area (TPSA) is 33.6 Å². The van der Waals surface area contributed by atoms with E-state index in [0.717, 1.165) is 22.3 Å². The molecule has 0 fully saturated rings. The number of rotatable bonds is 2. The molecule has 0 amide bonds. The van der Waals surface area contributed by atoms with E-state index in [9.17, 15) is 0 Å². The molecule has 3 aromatic rings. The summed E-state index contributed by atoms with van der Waals surface area (Å²) in [5.74, 6) is 0. The zero-order valence-corrected chi connectivity index (χ0v) is 10.9. The molecule has 0 unspecified atom stereocenters. The highest BCUT2D eigenvalue weighted by Gasteiger charge is 2.05.